The average molecular weight is 397 g/mol. The minimum Gasteiger partial charge on any atom is -0.353 e. The van der Waals surface area contributed by atoms with Crippen molar-refractivity contribution in [2.45, 2.75) is 51.7 Å². The average Bonchev–Trinajstić information content (AvgIpc) is 3.38. The predicted molar refractivity (Wildman–Crippen MR) is 112 cm³/mol. The summed E-state index contributed by atoms with van der Waals surface area (Å²) in [6.45, 7) is 9.74. The van der Waals surface area contributed by atoms with Crippen LogP contribution in [0.3, 0.4) is 0 Å². The van der Waals surface area contributed by atoms with Gasteiger partial charge in [-0.3, -0.25) is 14.7 Å². The summed E-state index contributed by atoms with van der Waals surface area (Å²) >= 11 is 0. The van der Waals surface area contributed by atoms with Crippen LogP contribution < -0.4 is 5.32 Å². The predicted octanol–water partition coefficient (Wildman–Crippen LogP) is 2.17. The van der Waals surface area contributed by atoms with Gasteiger partial charge in [0.2, 0.25) is 5.91 Å². The van der Waals surface area contributed by atoms with Crippen LogP contribution in [0.25, 0.3) is 0 Å². The molecule has 1 N–H and O–H groups in total. The van der Waals surface area contributed by atoms with Crippen molar-refractivity contribution in [3.05, 3.63) is 47.8 Å². The largest absolute Gasteiger partial charge is 0.353 e. The SMILES string of the molecule is CC(C)n1cnc2c1[C@@H](C(=O)NCCN1CCCC1)N(Cc1cccnc1)CC2. The van der Waals surface area contributed by atoms with E-state index in [4.69, 9.17) is 0 Å². The highest BCUT2D eigenvalue weighted by Gasteiger charge is 2.37. The van der Waals surface area contributed by atoms with Gasteiger partial charge in [0, 0.05) is 51.0 Å². The Morgan fingerprint density at radius 2 is 2.10 bits per heavy atom. The molecular weight excluding hydrogens is 364 g/mol. The Balaban J connectivity index is 1.54. The summed E-state index contributed by atoms with van der Waals surface area (Å²) in [7, 11) is 0. The molecule has 0 aliphatic carbocycles. The number of fused-ring (bicyclic) bond motifs is 1. The first-order chi connectivity index (χ1) is 14.1. The summed E-state index contributed by atoms with van der Waals surface area (Å²) in [6.07, 6.45) is 8.98. The molecule has 0 saturated carbocycles. The van der Waals surface area contributed by atoms with Gasteiger partial charge in [-0.2, -0.15) is 0 Å². The molecule has 1 atom stereocenters. The molecule has 2 aliphatic rings. The van der Waals surface area contributed by atoms with Gasteiger partial charge in [-0.05, 0) is 51.4 Å². The molecule has 0 bridgehead atoms. The van der Waals surface area contributed by atoms with E-state index in [0.717, 1.165) is 49.6 Å². The van der Waals surface area contributed by atoms with Gasteiger partial charge in [-0.1, -0.05) is 6.07 Å². The highest BCUT2D eigenvalue weighted by molar-refractivity contribution is 5.83. The summed E-state index contributed by atoms with van der Waals surface area (Å²) in [6, 6.07) is 3.98. The van der Waals surface area contributed by atoms with E-state index in [0.29, 0.717) is 13.1 Å². The smallest absolute Gasteiger partial charge is 0.243 e. The first kappa shape index (κ1) is 20.0. The van der Waals surface area contributed by atoms with Gasteiger partial charge in [0.1, 0.15) is 6.04 Å². The molecule has 4 rings (SSSR count). The van der Waals surface area contributed by atoms with Gasteiger partial charge in [-0.15, -0.1) is 0 Å². The maximum Gasteiger partial charge on any atom is 0.243 e. The Labute approximate surface area is 173 Å². The summed E-state index contributed by atoms with van der Waals surface area (Å²) in [5, 5.41) is 3.21. The Morgan fingerprint density at radius 3 is 2.83 bits per heavy atom. The fraction of sp³-hybridized carbons (Fsp3) is 0.591. The van der Waals surface area contributed by atoms with Crippen molar-refractivity contribution < 1.29 is 4.79 Å². The molecule has 4 heterocycles. The van der Waals surface area contributed by atoms with E-state index in [1.165, 1.54) is 12.8 Å². The van der Waals surface area contributed by atoms with E-state index < -0.39 is 0 Å². The second-order valence-corrected chi connectivity index (χ2v) is 8.40. The molecule has 2 aliphatic heterocycles. The first-order valence-corrected chi connectivity index (χ1v) is 10.8. The van der Waals surface area contributed by atoms with E-state index in [9.17, 15) is 4.79 Å². The molecule has 0 spiro atoms. The Kier molecular flexibility index (Phi) is 6.25. The monoisotopic (exact) mass is 396 g/mol. The molecule has 156 valence electrons. The number of likely N-dealkylation sites (tertiary alicyclic amines) is 1. The third-order valence-electron chi connectivity index (χ3n) is 6.01. The lowest BCUT2D eigenvalue weighted by Gasteiger charge is -2.36. The van der Waals surface area contributed by atoms with Crippen molar-refractivity contribution in [2.24, 2.45) is 0 Å². The van der Waals surface area contributed by atoms with Crippen LogP contribution >= 0.6 is 0 Å². The quantitative estimate of drug-likeness (QED) is 0.777. The molecule has 7 heteroatoms. The Hall–Kier alpha value is -2.25. The fourth-order valence-corrected chi connectivity index (χ4v) is 4.49. The van der Waals surface area contributed by atoms with E-state index in [1.807, 2.05) is 18.6 Å². The fourth-order valence-electron chi connectivity index (χ4n) is 4.49. The second kappa shape index (κ2) is 9.05. The topological polar surface area (TPSA) is 66.3 Å². The lowest BCUT2D eigenvalue weighted by Crippen LogP contribution is -2.46. The molecular formula is C22H32N6O. The minimum absolute atomic E-state index is 0.0800. The van der Waals surface area contributed by atoms with Gasteiger partial charge in [0.05, 0.1) is 17.7 Å². The summed E-state index contributed by atoms with van der Waals surface area (Å²) in [5.74, 6) is 0.0800. The van der Waals surface area contributed by atoms with Gasteiger partial charge < -0.3 is 14.8 Å². The van der Waals surface area contributed by atoms with Crippen molar-refractivity contribution in [1.29, 1.82) is 0 Å². The molecule has 2 aromatic heterocycles. The third kappa shape index (κ3) is 4.51. The van der Waals surface area contributed by atoms with Crippen LogP contribution in [0.1, 0.15) is 55.7 Å². The van der Waals surface area contributed by atoms with Crippen LogP contribution in [0, 0.1) is 0 Å². The van der Waals surface area contributed by atoms with Gasteiger partial charge in [-0.25, -0.2) is 4.98 Å². The van der Waals surface area contributed by atoms with Crippen LogP contribution in [0.2, 0.25) is 0 Å². The second-order valence-electron chi connectivity index (χ2n) is 8.40. The van der Waals surface area contributed by atoms with Crippen LogP contribution in [-0.4, -0.2) is 63.0 Å². The minimum atomic E-state index is -0.317. The Morgan fingerprint density at radius 1 is 1.28 bits per heavy atom. The highest BCUT2D eigenvalue weighted by atomic mass is 16.2. The summed E-state index contributed by atoms with van der Waals surface area (Å²) in [5.41, 5.74) is 3.23. The summed E-state index contributed by atoms with van der Waals surface area (Å²) in [4.78, 5) is 27.0. The molecule has 2 aromatic rings. The zero-order valence-electron chi connectivity index (χ0n) is 17.5. The first-order valence-electron chi connectivity index (χ1n) is 10.8. The number of nitrogens with one attached hydrogen (secondary N) is 1. The maximum atomic E-state index is 13.4. The van der Waals surface area contributed by atoms with E-state index in [-0.39, 0.29) is 18.0 Å². The number of rotatable bonds is 7. The van der Waals surface area contributed by atoms with Gasteiger partial charge in [0.25, 0.3) is 0 Å². The van der Waals surface area contributed by atoms with Crippen LogP contribution in [0.15, 0.2) is 30.9 Å². The maximum absolute atomic E-state index is 13.4. The Bertz CT molecular complexity index is 812. The molecule has 29 heavy (non-hydrogen) atoms. The number of amides is 1. The number of pyridine rings is 1. The number of nitrogens with zero attached hydrogens (tertiary/aromatic N) is 5. The number of hydrogen-bond acceptors (Lipinski definition) is 5. The van der Waals surface area contributed by atoms with Crippen molar-refractivity contribution >= 4 is 5.91 Å². The zero-order valence-corrected chi connectivity index (χ0v) is 17.5. The molecule has 0 aromatic carbocycles. The number of imidazole rings is 1. The van der Waals surface area contributed by atoms with Crippen molar-refractivity contribution in [1.82, 2.24) is 29.7 Å². The zero-order chi connectivity index (χ0) is 20.2. The number of carbonyl (C=O) groups excluding carboxylic acids is 1. The van der Waals surface area contributed by atoms with E-state index >= 15 is 0 Å². The molecule has 1 amide bonds. The van der Waals surface area contributed by atoms with Crippen LogP contribution in [0.5, 0.6) is 0 Å². The van der Waals surface area contributed by atoms with Crippen molar-refractivity contribution in [3.8, 4) is 0 Å². The normalized spacial score (nSPS) is 20.2. The number of carbonyl (C=O) groups is 1. The van der Waals surface area contributed by atoms with Crippen LogP contribution in [0.4, 0.5) is 0 Å². The van der Waals surface area contributed by atoms with Crippen molar-refractivity contribution in [2.75, 3.05) is 32.7 Å². The standard InChI is InChI=1S/C22H32N6O/c1-17(2)28-16-25-19-7-12-27(15-18-6-5-8-23-14-18)21(20(19)28)22(29)24-9-13-26-10-3-4-11-26/h5-6,8,14,16-17,21H,3-4,7,9-13,15H2,1-2H3,(H,24,29)/t21-/m0/s1. The molecule has 0 radical (unpaired) electrons. The van der Waals surface area contributed by atoms with Crippen LogP contribution in [-0.2, 0) is 17.8 Å². The molecule has 1 saturated heterocycles. The van der Waals surface area contributed by atoms with Crippen molar-refractivity contribution in [3.63, 3.8) is 0 Å². The van der Waals surface area contributed by atoms with Gasteiger partial charge in [0.15, 0.2) is 0 Å². The summed E-state index contributed by atoms with van der Waals surface area (Å²) < 4.78 is 2.16. The van der Waals surface area contributed by atoms with E-state index in [2.05, 4.69) is 49.6 Å². The highest BCUT2D eigenvalue weighted by Crippen LogP contribution is 2.32. The molecule has 0 unspecified atom stereocenters. The van der Waals surface area contributed by atoms with E-state index in [1.54, 1.807) is 6.20 Å². The van der Waals surface area contributed by atoms with Gasteiger partial charge >= 0.3 is 0 Å². The number of aromatic nitrogens is 3. The third-order valence-corrected chi connectivity index (χ3v) is 6.01. The lowest BCUT2D eigenvalue weighted by atomic mass is 10.00. The lowest BCUT2D eigenvalue weighted by molar-refractivity contribution is -0.127. The molecule has 1 fully saturated rings. The molecule has 7 nitrogen and oxygen atoms in total. The number of hydrogen-bond donors (Lipinski definition) is 1.